The van der Waals surface area contributed by atoms with Gasteiger partial charge in [-0.2, -0.15) is 9.98 Å². The summed E-state index contributed by atoms with van der Waals surface area (Å²) in [6, 6.07) is 9.51. The van der Waals surface area contributed by atoms with Crippen molar-refractivity contribution in [1.82, 2.24) is 0 Å². The summed E-state index contributed by atoms with van der Waals surface area (Å²) in [7, 11) is 0. The van der Waals surface area contributed by atoms with Gasteiger partial charge in [0.05, 0.1) is 0 Å². The van der Waals surface area contributed by atoms with Crippen LogP contribution >= 0.6 is 0 Å². The van der Waals surface area contributed by atoms with Crippen LogP contribution in [-0.4, -0.2) is 12.2 Å². The molecule has 0 aliphatic heterocycles. The molecule has 0 aliphatic rings. The van der Waals surface area contributed by atoms with Gasteiger partial charge >= 0.3 is 0 Å². The molecule has 0 bridgehead atoms. The molecule has 0 saturated heterocycles. The highest BCUT2D eigenvalue weighted by Gasteiger charge is 2.16. The van der Waals surface area contributed by atoms with Crippen molar-refractivity contribution in [1.29, 1.82) is 0 Å². The summed E-state index contributed by atoms with van der Waals surface area (Å²) in [5.74, 6) is 0. The van der Waals surface area contributed by atoms with Crippen LogP contribution in [-0.2, 0) is 9.59 Å². The number of aryl methyl sites for hydroxylation is 2. The summed E-state index contributed by atoms with van der Waals surface area (Å²) in [6.45, 7) is 5.86. The molecule has 2 aromatic carbocycles. The van der Waals surface area contributed by atoms with Gasteiger partial charge in [0, 0.05) is 5.56 Å². The van der Waals surface area contributed by atoms with E-state index in [1.54, 1.807) is 12.1 Å². The molecule has 0 fully saturated rings. The zero-order valence-corrected chi connectivity index (χ0v) is 12.1. The van der Waals surface area contributed by atoms with Crippen LogP contribution in [0.25, 0.3) is 11.1 Å². The van der Waals surface area contributed by atoms with Gasteiger partial charge in [-0.1, -0.05) is 24.3 Å². The Labute approximate surface area is 122 Å². The van der Waals surface area contributed by atoms with Gasteiger partial charge in [0.15, 0.2) is 0 Å². The lowest BCUT2D eigenvalue weighted by Crippen LogP contribution is -1.92. The van der Waals surface area contributed by atoms with Crippen molar-refractivity contribution >= 4 is 23.5 Å². The quantitative estimate of drug-likeness (QED) is 0.623. The van der Waals surface area contributed by atoms with Crippen LogP contribution in [0.5, 0.6) is 0 Å². The van der Waals surface area contributed by atoms with E-state index in [0.717, 1.165) is 27.8 Å². The van der Waals surface area contributed by atoms with E-state index in [1.807, 2.05) is 45.0 Å². The molecule has 104 valence electrons. The molecule has 2 rings (SSSR count). The normalized spacial score (nSPS) is 9.67. The summed E-state index contributed by atoms with van der Waals surface area (Å²) in [6.07, 6.45) is 3.05. The molecule has 0 amide bonds. The average Bonchev–Trinajstić information content (AvgIpc) is 2.46. The van der Waals surface area contributed by atoms with E-state index in [-0.39, 0.29) is 0 Å². The van der Waals surface area contributed by atoms with Gasteiger partial charge in [-0.15, -0.1) is 0 Å². The van der Waals surface area contributed by atoms with Gasteiger partial charge in [-0.3, -0.25) is 0 Å². The minimum Gasteiger partial charge on any atom is -0.211 e. The highest BCUT2D eigenvalue weighted by Crippen LogP contribution is 2.43. The third kappa shape index (κ3) is 2.72. The first-order valence-electron chi connectivity index (χ1n) is 6.46. The summed E-state index contributed by atoms with van der Waals surface area (Å²) in [5, 5.41) is 0. The molecule has 21 heavy (non-hydrogen) atoms. The van der Waals surface area contributed by atoms with E-state index in [9.17, 15) is 9.59 Å². The lowest BCUT2D eigenvalue weighted by atomic mass is 9.91. The minimum absolute atomic E-state index is 0.328. The second-order valence-corrected chi connectivity index (χ2v) is 4.78. The van der Waals surface area contributed by atoms with Gasteiger partial charge < -0.3 is 0 Å². The van der Waals surface area contributed by atoms with Gasteiger partial charge in [0.1, 0.15) is 11.4 Å². The maximum atomic E-state index is 10.8. The Kier molecular flexibility index (Phi) is 4.24. The second-order valence-electron chi connectivity index (χ2n) is 4.78. The first kappa shape index (κ1) is 14.6. The lowest BCUT2D eigenvalue weighted by molar-refractivity contribution is 0.564. The summed E-state index contributed by atoms with van der Waals surface area (Å²) >= 11 is 0. The average molecular weight is 278 g/mol. The highest BCUT2D eigenvalue weighted by atomic mass is 16.1. The second kappa shape index (κ2) is 6.10. The number of benzene rings is 2. The van der Waals surface area contributed by atoms with E-state index >= 15 is 0 Å². The number of rotatable bonds is 3. The molecule has 4 nitrogen and oxygen atoms in total. The molecule has 0 heterocycles. The van der Waals surface area contributed by atoms with Crippen molar-refractivity contribution in [3.8, 4) is 11.1 Å². The molecule has 0 aromatic heterocycles. The number of hydrogen-bond acceptors (Lipinski definition) is 4. The van der Waals surface area contributed by atoms with Crippen molar-refractivity contribution in [3.05, 3.63) is 47.0 Å². The summed E-state index contributed by atoms with van der Waals surface area (Å²) in [4.78, 5) is 28.8. The molecule has 4 heteroatoms. The van der Waals surface area contributed by atoms with Gasteiger partial charge in [-0.25, -0.2) is 9.59 Å². The van der Waals surface area contributed by atoms with E-state index in [2.05, 4.69) is 9.98 Å². The molecular weight excluding hydrogens is 264 g/mol. The molecule has 0 atom stereocenters. The Morgan fingerprint density at radius 3 is 2.19 bits per heavy atom. The van der Waals surface area contributed by atoms with Crippen molar-refractivity contribution in [3.63, 3.8) is 0 Å². The number of nitrogens with zero attached hydrogens (tertiary/aromatic N) is 2. The van der Waals surface area contributed by atoms with Gasteiger partial charge in [0.2, 0.25) is 12.2 Å². The third-order valence-corrected chi connectivity index (χ3v) is 3.54. The summed E-state index contributed by atoms with van der Waals surface area (Å²) in [5.41, 5.74) is 5.44. The molecule has 0 aliphatic carbocycles. The first-order chi connectivity index (χ1) is 10.1. The number of carbonyl (C=O) groups excluding carboxylic acids is 2. The van der Waals surface area contributed by atoms with E-state index in [4.69, 9.17) is 0 Å². The van der Waals surface area contributed by atoms with E-state index in [1.165, 1.54) is 6.08 Å². The third-order valence-electron chi connectivity index (χ3n) is 3.54. The monoisotopic (exact) mass is 278 g/mol. The van der Waals surface area contributed by atoms with E-state index < -0.39 is 0 Å². The van der Waals surface area contributed by atoms with Crippen molar-refractivity contribution in [2.24, 2.45) is 9.98 Å². The number of aliphatic imine (C=N–C) groups is 2. The Hall–Kier alpha value is -2.80. The van der Waals surface area contributed by atoms with Crippen LogP contribution in [0.1, 0.15) is 16.7 Å². The SMILES string of the molecule is Cc1ccccc1-c1c(C)c(C)cc(N=C=O)c1N=C=O. The molecule has 0 unspecified atom stereocenters. The van der Waals surface area contributed by atoms with Crippen molar-refractivity contribution in [2.45, 2.75) is 20.8 Å². The summed E-state index contributed by atoms with van der Waals surface area (Å²) < 4.78 is 0. The zero-order chi connectivity index (χ0) is 15.4. The van der Waals surface area contributed by atoms with Crippen LogP contribution in [0, 0.1) is 20.8 Å². The Morgan fingerprint density at radius 1 is 0.905 bits per heavy atom. The van der Waals surface area contributed by atoms with Crippen LogP contribution in [0.3, 0.4) is 0 Å². The zero-order valence-electron chi connectivity index (χ0n) is 12.1. The van der Waals surface area contributed by atoms with Gasteiger partial charge in [-0.05, 0) is 49.1 Å². The fourth-order valence-electron chi connectivity index (χ4n) is 2.36. The van der Waals surface area contributed by atoms with Crippen LogP contribution in [0.4, 0.5) is 11.4 Å². The van der Waals surface area contributed by atoms with Gasteiger partial charge in [0.25, 0.3) is 0 Å². The maximum Gasteiger partial charge on any atom is 0.240 e. The fourth-order valence-corrected chi connectivity index (χ4v) is 2.36. The van der Waals surface area contributed by atoms with E-state index in [0.29, 0.717) is 11.4 Å². The highest BCUT2D eigenvalue weighted by molar-refractivity contribution is 5.90. The molecule has 2 aromatic rings. The number of isocyanates is 2. The van der Waals surface area contributed by atoms with Crippen LogP contribution in [0.2, 0.25) is 0 Å². The molecule has 0 spiro atoms. The Morgan fingerprint density at radius 2 is 1.57 bits per heavy atom. The predicted molar refractivity (Wildman–Crippen MR) is 81.7 cm³/mol. The Balaban J connectivity index is 2.95. The Bertz CT molecular complexity index is 797. The van der Waals surface area contributed by atoms with Crippen LogP contribution < -0.4 is 0 Å². The standard InChI is InChI=1S/C17H14N2O2/c1-11-6-4-5-7-14(11)16-13(3)12(2)8-15(18-9-20)17(16)19-10-21/h4-8H,1-3H3. The first-order valence-corrected chi connectivity index (χ1v) is 6.46. The lowest BCUT2D eigenvalue weighted by Gasteiger charge is -2.15. The minimum atomic E-state index is 0.328. The van der Waals surface area contributed by atoms with Crippen molar-refractivity contribution in [2.75, 3.05) is 0 Å². The number of hydrogen-bond donors (Lipinski definition) is 0. The molecule has 0 N–H and O–H groups in total. The molecule has 0 radical (unpaired) electrons. The molecular formula is C17H14N2O2. The van der Waals surface area contributed by atoms with Crippen molar-refractivity contribution < 1.29 is 9.59 Å². The smallest absolute Gasteiger partial charge is 0.211 e. The fraction of sp³-hybridized carbons (Fsp3) is 0.176. The predicted octanol–water partition coefficient (Wildman–Crippen LogP) is 4.21. The maximum absolute atomic E-state index is 10.8. The van der Waals surface area contributed by atoms with Crippen LogP contribution in [0.15, 0.2) is 40.3 Å². The topological polar surface area (TPSA) is 58.9 Å². The molecule has 0 saturated carbocycles. The largest absolute Gasteiger partial charge is 0.240 e.